The lowest BCUT2D eigenvalue weighted by molar-refractivity contribution is -0.138. The van der Waals surface area contributed by atoms with Crippen LogP contribution in [-0.4, -0.2) is 31.7 Å². The van der Waals surface area contributed by atoms with Gasteiger partial charge in [0.05, 0.1) is 18.8 Å². The summed E-state index contributed by atoms with van der Waals surface area (Å²) in [5.41, 5.74) is -1.25. The number of carbonyl (C=O) groups is 1. The Morgan fingerprint density at radius 2 is 2.18 bits per heavy atom. The van der Waals surface area contributed by atoms with Crippen LogP contribution in [0, 0.1) is 5.82 Å². The first-order chi connectivity index (χ1) is 10.4. The molecule has 0 radical (unpaired) electrons. The van der Waals surface area contributed by atoms with Gasteiger partial charge < -0.3 is 15.4 Å². The molecule has 2 N–H and O–H groups in total. The van der Waals surface area contributed by atoms with Crippen molar-refractivity contribution < 1.29 is 27.1 Å². The summed E-state index contributed by atoms with van der Waals surface area (Å²) in [6, 6.07) is 2.25. The van der Waals surface area contributed by atoms with Gasteiger partial charge in [0.15, 0.2) is 0 Å². The molecule has 1 aliphatic rings. The molecule has 22 heavy (non-hydrogen) atoms. The highest BCUT2D eigenvalue weighted by molar-refractivity contribution is 5.76. The summed E-state index contributed by atoms with van der Waals surface area (Å²) in [6.07, 6.45) is -4.55. The lowest BCUT2D eigenvalue weighted by Gasteiger charge is -2.23. The maximum absolute atomic E-state index is 13.0. The van der Waals surface area contributed by atoms with Crippen molar-refractivity contribution in [1.29, 1.82) is 0 Å². The Balaban J connectivity index is 1.94. The summed E-state index contributed by atoms with van der Waals surface area (Å²) in [7, 11) is 0. The number of amides is 1. The number of alkyl halides is 3. The maximum atomic E-state index is 13.0. The fourth-order valence-electron chi connectivity index (χ4n) is 2.21. The van der Waals surface area contributed by atoms with E-state index in [-0.39, 0.29) is 30.5 Å². The Kier molecular flexibility index (Phi) is 5.36. The van der Waals surface area contributed by atoms with E-state index in [1.807, 2.05) is 0 Å². The predicted molar refractivity (Wildman–Crippen MR) is 70.5 cm³/mol. The van der Waals surface area contributed by atoms with Crippen LogP contribution in [0.25, 0.3) is 0 Å². The van der Waals surface area contributed by atoms with Gasteiger partial charge in [0.2, 0.25) is 5.91 Å². The van der Waals surface area contributed by atoms with E-state index in [2.05, 4.69) is 10.6 Å². The van der Waals surface area contributed by atoms with Gasteiger partial charge in [-0.2, -0.15) is 13.2 Å². The van der Waals surface area contributed by atoms with E-state index in [9.17, 15) is 22.4 Å². The normalized spacial score (nSPS) is 19.0. The van der Waals surface area contributed by atoms with Crippen LogP contribution in [-0.2, 0) is 22.3 Å². The molecular weight excluding hydrogens is 304 g/mol. The van der Waals surface area contributed by atoms with Crippen molar-refractivity contribution >= 4 is 5.91 Å². The standard InChI is InChI=1S/C14H16F4N2O2/c15-10-2-1-9(12(5-10)14(16,17)18)7-20-13(21)6-11-8-22-4-3-19-11/h1-2,5,11,19H,3-4,6-8H2,(H,20,21). The predicted octanol–water partition coefficient (Wildman–Crippen LogP) is 1.84. The van der Waals surface area contributed by atoms with Gasteiger partial charge in [-0.3, -0.25) is 4.79 Å². The molecule has 1 atom stereocenters. The molecule has 1 amide bonds. The number of hydrogen-bond donors (Lipinski definition) is 2. The molecule has 122 valence electrons. The van der Waals surface area contributed by atoms with E-state index in [1.165, 1.54) is 0 Å². The second-order valence-electron chi connectivity index (χ2n) is 5.01. The number of ether oxygens (including phenoxy) is 1. The average molecular weight is 320 g/mol. The Morgan fingerprint density at radius 1 is 1.41 bits per heavy atom. The molecule has 1 fully saturated rings. The number of nitrogens with one attached hydrogen (secondary N) is 2. The van der Waals surface area contributed by atoms with E-state index >= 15 is 0 Å². The van der Waals surface area contributed by atoms with E-state index in [0.717, 1.165) is 12.1 Å². The number of benzene rings is 1. The molecule has 0 bridgehead atoms. The zero-order valence-corrected chi connectivity index (χ0v) is 11.7. The molecule has 1 aliphatic heterocycles. The minimum Gasteiger partial charge on any atom is -0.378 e. The van der Waals surface area contributed by atoms with Crippen molar-refractivity contribution in [3.8, 4) is 0 Å². The summed E-state index contributed by atoms with van der Waals surface area (Å²) in [4.78, 5) is 11.8. The zero-order valence-electron chi connectivity index (χ0n) is 11.7. The minimum atomic E-state index is -4.67. The number of hydrogen-bond acceptors (Lipinski definition) is 3. The van der Waals surface area contributed by atoms with Crippen molar-refractivity contribution in [2.24, 2.45) is 0 Å². The first kappa shape index (κ1) is 16.7. The molecule has 4 nitrogen and oxygen atoms in total. The molecule has 0 aromatic heterocycles. The van der Waals surface area contributed by atoms with Crippen molar-refractivity contribution in [2.45, 2.75) is 25.2 Å². The van der Waals surface area contributed by atoms with Crippen LogP contribution in [0.4, 0.5) is 17.6 Å². The average Bonchev–Trinajstić information content (AvgIpc) is 2.46. The molecule has 0 saturated carbocycles. The lowest BCUT2D eigenvalue weighted by atomic mass is 10.1. The van der Waals surface area contributed by atoms with E-state index in [4.69, 9.17) is 4.74 Å². The SMILES string of the molecule is O=C(CC1COCCN1)NCc1ccc(F)cc1C(F)(F)F. The van der Waals surface area contributed by atoms with Gasteiger partial charge in [-0.05, 0) is 17.7 Å². The Bertz CT molecular complexity index is 528. The molecule has 2 rings (SSSR count). The van der Waals surface area contributed by atoms with Crippen molar-refractivity contribution in [2.75, 3.05) is 19.8 Å². The summed E-state index contributed by atoms with van der Waals surface area (Å²) in [5, 5.41) is 5.50. The van der Waals surface area contributed by atoms with E-state index in [1.54, 1.807) is 0 Å². The Labute approximate surface area is 124 Å². The van der Waals surface area contributed by atoms with Gasteiger partial charge >= 0.3 is 6.18 Å². The quantitative estimate of drug-likeness (QED) is 0.833. The molecule has 1 saturated heterocycles. The fourth-order valence-corrected chi connectivity index (χ4v) is 2.21. The van der Waals surface area contributed by atoms with Crippen LogP contribution in [0.3, 0.4) is 0 Å². The molecule has 1 unspecified atom stereocenters. The highest BCUT2D eigenvalue weighted by Gasteiger charge is 2.33. The molecular formula is C14H16F4N2O2. The Hall–Kier alpha value is -1.67. The highest BCUT2D eigenvalue weighted by Crippen LogP contribution is 2.32. The van der Waals surface area contributed by atoms with Gasteiger partial charge in [0.25, 0.3) is 0 Å². The molecule has 0 aliphatic carbocycles. The molecule has 1 heterocycles. The van der Waals surface area contributed by atoms with Crippen LogP contribution < -0.4 is 10.6 Å². The highest BCUT2D eigenvalue weighted by atomic mass is 19.4. The third-order valence-electron chi connectivity index (χ3n) is 3.28. The van der Waals surface area contributed by atoms with Crippen LogP contribution >= 0.6 is 0 Å². The van der Waals surface area contributed by atoms with Crippen LogP contribution in [0.15, 0.2) is 18.2 Å². The molecule has 0 spiro atoms. The second-order valence-corrected chi connectivity index (χ2v) is 5.01. The fraction of sp³-hybridized carbons (Fsp3) is 0.500. The Morgan fingerprint density at radius 3 is 2.82 bits per heavy atom. The number of carbonyl (C=O) groups excluding carboxylic acids is 1. The third kappa shape index (κ3) is 4.67. The first-order valence-electron chi connectivity index (χ1n) is 6.79. The van der Waals surface area contributed by atoms with Crippen LogP contribution in [0.5, 0.6) is 0 Å². The summed E-state index contributed by atoms with van der Waals surface area (Å²) in [6.45, 7) is 1.29. The van der Waals surface area contributed by atoms with Gasteiger partial charge in [0.1, 0.15) is 5.82 Å². The third-order valence-corrected chi connectivity index (χ3v) is 3.28. The van der Waals surface area contributed by atoms with Crippen molar-refractivity contribution in [3.05, 3.63) is 35.1 Å². The summed E-state index contributed by atoms with van der Waals surface area (Å²) >= 11 is 0. The zero-order chi connectivity index (χ0) is 16.2. The van der Waals surface area contributed by atoms with Gasteiger partial charge in [-0.1, -0.05) is 6.07 Å². The molecule has 1 aromatic rings. The van der Waals surface area contributed by atoms with Crippen molar-refractivity contribution in [1.82, 2.24) is 10.6 Å². The first-order valence-corrected chi connectivity index (χ1v) is 6.79. The number of halogens is 4. The van der Waals surface area contributed by atoms with Gasteiger partial charge in [-0.15, -0.1) is 0 Å². The van der Waals surface area contributed by atoms with Crippen molar-refractivity contribution in [3.63, 3.8) is 0 Å². The van der Waals surface area contributed by atoms with Gasteiger partial charge in [0, 0.05) is 25.6 Å². The van der Waals surface area contributed by atoms with Crippen LogP contribution in [0.2, 0.25) is 0 Å². The lowest BCUT2D eigenvalue weighted by Crippen LogP contribution is -2.44. The number of morpholine rings is 1. The maximum Gasteiger partial charge on any atom is 0.416 e. The van der Waals surface area contributed by atoms with Gasteiger partial charge in [-0.25, -0.2) is 4.39 Å². The topological polar surface area (TPSA) is 50.4 Å². The van der Waals surface area contributed by atoms with Crippen LogP contribution in [0.1, 0.15) is 17.5 Å². The summed E-state index contributed by atoms with van der Waals surface area (Å²) < 4.78 is 56.6. The summed E-state index contributed by atoms with van der Waals surface area (Å²) in [5.74, 6) is -1.36. The smallest absolute Gasteiger partial charge is 0.378 e. The minimum absolute atomic E-state index is 0.114. The monoisotopic (exact) mass is 320 g/mol. The second kappa shape index (κ2) is 7.06. The van der Waals surface area contributed by atoms with E-state index in [0.29, 0.717) is 25.8 Å². The van der Waals surface area contributed by atoms with E-state index < -0.39 is 17.6 Å². The largest absolute Gasteiger partial charge is 0.416 e. The molecule has 1 aromatic carbocycles. The molecule has 8 heteroatoms. The number of rotatable bonds is 4.